The lowest BCUT2D eigenvalue weighted by Crippen LogP contribution is -2.32. The van der Waals surface area contributed by atoms with Gasteiger partial charge in [-0.2, -0.15) is 13.2 Å². The Morgan fingerprint density at radius 1 is 0.976 bits per heavy atom. The number of rotatable bonds is 5. The molecule has 0 spiro atoms. The first-order chi connectivity index (χ1) is 19.5. The maximum absolute atomic E-state index is 13.8. The lowest BCUT2D eigenvalue weighted by molar-refractivity contribution is -0.137. The fourth-order valence-corrected chi connectivity index (χ4v) is 8.70. The summed E-state index contributed by atoms with van der Waals surface area (Å²) in [5, 5.41) is 3.70. The Hall–Kier alpha value is -3.75. The lowest BCUT2D eigenvalue weighted by atomic mass is 9.87. The van der Waals surface area contributed by atoms with E-state index >= 15 is 0 Å². The number of anilines is 2. The van der Waals surface area contributed by atoms with Gasteiger partial charge in [0.05, 0.1) is 22.2 Å². The van der Waals surface area contributed by atoms with Crippen molar-refractivity contribution < 1.29 is 31.9 Å². The van der Waals surface area contributed by atoms with E-state index in [1.807, 2.05) is 0 Å². The third-order valence-corrected chi connectivity index (χ3v) is 10.3. The molecule has 4 aromatic rings. The van der Waals surface area contributed by atoms with Gasteiger partial charge in [-0.1, -0.05) is 35.2 Å². The second-order valence-electron chi connectivity index (χ2n) is 9.30. The number of halogens is 4. The zero-order valence-corrected chi connectivity index (χ0v) is 23.0. The molecular weight excluding hydrogens is 603 g/mol. The minimum Gasteiger partial charge on any atom is -0.325 e. The van der Waals surface area contributed by atoms with E-state index in [4.69, 9.17) is 0 Å². The van der Waals surface area contributed by atoms with Crippen LogP contribution in [-0.4, -0.2) is 27.5 Å². The molecule has 3 amide bonds. The highest BCUT2D eigenvalue weighted by atomic mass is 32.2. The predicted octanol–water partition coefficient (Wildman–Crippen LogP) is 5.56. The predicted molar refractivity (Wildman–Crippen MR) is 147 cm³/mol. The molecule has 0 unspecified atom stereocenters. The van der Waals surface area contributed by atoms with E-state index in [-0.39, 0.29) is 5.69 Å². The maximum atomic E-state index is 13.8. The van der Waals surface area contributed by atoms with Gasteiger partial charge in [0.15, 0.2) is 0 Å². The van der Waals surface area contributed by atoms with Crippen molar-refractivity contribution in [1.29, 1.82) is 0 Å². The number of carbonyl (C=O) groups is 3. The number of thioether (sulfide) groups is 1. The van der Waals surface area contributed by atoms with Gasteiger partial charge in [-0.25, -0.2) is 9.29 Å². The largest absolute Gasteiger partial charge is 0.416 e. The first-order valence-electron chi connectivity index (χ1n) is 12.1. The number of thiophene rings is 1. The Balaban J connectivity index is 1.38. The van der Waals surface area contributed by atoms with Crippen LogP contribution >= 0.6 is 34.4 Å². The first kappa shape index (κ1) is 27.4. The smallest absolute Gasteiger partial charge is 0.325 e. The summed E-state index contributed by atoms with van der Waals surface area (Å²) in [4.78, 5) is 54.9. The SMILES string of the molecule is O=C(Cn1c2c(sc1=O)[C@@H](c1cccs1)[C@H]1C(=O)N(c3cccc(C(F)(F)F)c3)C(=O)[C@H]1S2)Nc1ccc(F)cc1. The molecule has 0 radical (unpaired) electrons. The zero-order valence-electron chi connectivity index (χ0n) is 20.6. The molecule has 14 heteroatoms. The van der Waals surface area contributed by atoms with Crippen molar-refractivity contribution in [3.63, 3.8) is 0 Å². The standard InChI is InChI=1S/C27H17F4N3O4S3/c28-14-6-8-15(9-7-14)32-18(35)12-33-25-22(41-26(33)38)19(17-5-2-10-39-17)20-21(40-25)24(37)34(23(20)36)16-4-1-3-13(11-16)27(29,30)31/h1-11,19-21H,12H2,(H,32,35)/t19-,20+,21-/m0/s1. The third kappa shape index (κ3) is 4.89. The molecular formula is C27H17F4N3O4S3. The van der Waals surface area contributed by atoms with Crippen LogP contribution in [0.2, 0.25) is 0 Å². The number of hydrogen-bond donors (Lipinski definition) is 1. The molecule has 1 N–H and O–H groups in total. The van der Waals surface area contributed by atoms with Crippen molar-refractivity contribution in [2.24, 2.45) is 5.92 Å². The molecule has 41 heavy (non-hydrogen) atoms. The summed E-state index contributed by atoms with van der Waals surface area (Å²) < 4.78 is 54.7. The average molecular weight is 620 g/mol. The number of fused-ring (bicyclic) bond motifs is 2. The number of hydrogen-bond acceptors (Lipinski definition) is 7. The van der Waals surface area contributed by atoms with Gasteiger partial charge >= 0.3 is 11.0 Å². The van der Waals surface area contributed by atoms with Gasteiger partial charge in [-0.15, -0.1) is 11.3 Å². The lowest BCUT2D eigenvalue weighted by Gasteiger charge is -2.29. The van der Waals surface area contributed by atoms with E-state index in [0.717, 1.165) is 46.2 Å². The van der Waals surface area contributed by atoms with Crippen molar-refractivity contribution >= 4 is 63.5 Å². The van der Waals surface area contributed by atoms with Crippen LogP contribution in [0.3, 0.4) is 0 Å². The van der Waals surface area contributed by atoms with E-state index in [1.165, 1.54) is 46.2 Å². The highest BCUT2D eigenvalue weighted by Gasteiger charge is 2.57. The summed E-state index contributed by atoms with van der Waals surface area (Å²) in [7, 11) is 0. The van der Waals surface area contributed by atoms with Crippen molar-refractivity contribution in [3.8, 4) is 0 Å². The summed E-state index contributed by atoms with van der Waals surface area (Å²) in [5.74, 6) is -4.06. The van der Waals surface area contributed by atoms with Crippen LogP contribution in [0.1, 0.15) is 21.2 Å². The Morgan fingerprint density at radius 2 is 1.73 bits per heavy atom. The van der Waals surface area contributed by atoms with Crippen LogP contribution < -0.4 is 15.1 Å². The molecule has 4 heterocycles. The van der Waals surface area contributed by atoms with Gasteiger partial charge in [-0.05, 0) is 53.9 Å². The normalized spacial score (nSPS) is 20.2. The van der Waals surface area contributed by atoms with E-state index in [9.17, 15) is 36.7 Å². The molecule has 7 nitrogen and oxygen atoms in total. The Bertz CT molecular complexity index is 1730. The van der Waals surface area contributed by atoms with Gasteiger partial charge in [0, 0.05) is 21.4 Å². The molecule has 1 saturated heterocycles. The fourth-order valence-electron chi connectivity index (χ4n) is 4.98. The fraction of sp³-hybridized carbons (Fsp3) is 0.185. The summed E-state index contributed by atoms with van der Waals surface area (Å²) in [6.45, 7) is -0.400. The second-order valence-corrected chi connectivity index (χ2v) is 12.4. The molecule has 210 valence electrons. The van der Waals surface area contributed by atoms with Crippen molar-refractivity contribution in [3.05, 3.63) is 96.8 Å². The van der Waals surface area contributed by atoms with E-state index in [1.54, 1.807) is 17.5 Å². The number of amides is 3. The Kier molecular flexibility index (Phi) is 6.86. The van der Waals surface area contributed by atoms with Crippen LogP contribution in [0.4, 0.5) is 28.9 Å². The molecule has 2 aliphatic heterocycles. The molecule has 1 fully saturated rings. The molecule has 0 aliphatic carbocycles. The molecule has 3 atom stereocenters. The number of nitrogens with one attached hydrogen (secondary N) is 1. The zero-order chi connectivity index (χ0) is 29.1. The molecule has 2 aromatic heterocycles. The monoisotopic (exact) mass is 619 g/mol. The summed E-state index contributed by atoms with van der Waals surface area (Å²) >= 11 is 3.15. The summed E-state index contributed by atoms with van der Waals surface area (Å²) in [6.07, 6.45) is -4.67. The number of imide groups is 1. The van der Waals surface area contributed by atoms with E-state index < -0.39 is 63.8 Å². The molecule has 0 bridgehead atoms. The quantitative estimate of drug-likeness (QED) is 0.233. The van der Waals surface area contributed by atoms with Gasteiger partial charge in [0.2, 0.25) is 17.7 Å². The van der Waals surface area contributed by atoms with Crippen LogP contribution in [0.5, 0.6) is 0 Å². The topological polar surface area (TPSA) is 88.5 Å². The van der Waals surface area contributed by atoms with Gasteiger partial charge < -0.3 is 5.32 Å². The highest BCUT2D eigenvalue weighted by Crippen LogP contribution is 2.54. The molecule has 0 saturated carbocycles. The van der Waals surface area contributed by atoms with Gasteiger partial charge in [0.1, 0.15) is 17.6 Å². The number of aromatic nitrogens is 1. The minimum atomic E-state index is -4.67. The number of benzene rings is 2. The molecule has 6 rings (SSSR count). The maximum Gasteiger partial charge on any atom is 0.416 e. The summed E-state index contributed by atoms with van der Waals surface area (Å²) in [5.41, 5.74) is -0.853. The number of nitrogens with zero attached hydrogens (tertiary/aromatic N) is 2. The number of alkyl halides is 3. The van der Waals surface area contributed by atoms with Crippen molar-refractivity contribution in [2.45, 2.75) is 28.9 Å². The first-order valence-corrected chi connectivity index (χ1v) is 14.6. The number of thiazole rings is 1. The summed E-state index contributed by atoms with van der Waals surface area (Å²) in [6, 6.07) is 12.7. The van der Waals surface area contributed by atoms with Crippen LogP contribution in [-0.2, 0) is 27.1 Å². The molecule has 2 aromatic carbocycles. The van der Waals surface area contributed by atoms with E-state index in [0.29, 0.717) is 20.5 Å². The molecule has 2 aliphatic rings. The highest BCUT2D eigenvalue weighted by molar-refractivity contribution is 8.00. The average Bonchev–Trinajstić information content (AvgIpc) is 3.62. The van der Waals surface area contributed by atoms with Crippen molar-refractivity contribution in [1.82, 2.24) is 4.57 Å². The second kappa shape index (κ2) is 10.3. The van der Waals surface area contributed by atoms with E-state index in [2.05, 4.69) is 5.32 Å². The Labute approximate surface area is 241 Å². The van der Waals surface area contributed by atoms with Crippen LogP contribution in [0.15, 0.2) is 75.9 Å². The van der Waals surface area contributed by atoms with Crippen LogP contribution in [0, 0.1) is 11.7 Å². The third-order valence-electron chi connectivity index (χ3n) is 6.76. The van der Waals surface area contributed by atoms with Gasteiger partial charge in [0.25, 0.3) is 0 Å². The van der Waals surface area contributed by atoms with Gasteiger partial charge in [-0.3, -0.25) is 23.7 Å². The minimum absolute atomic E-state index is 0.186. The number of carbonyl (C=O) groups excluding carboxylic acids is 3. The van der Waals surface area contributed by atoms with Crippen LogP contribution in [0.25, 0.3) is 0 Å². The van der Waals surface area contributed by atoms with Crippen molar-refractivity contribution in [2.75, 3.05) is 10.2 Å². The Morgan fingerprint density at radius 3 is 2.41 bits per heavy atom.